The fraction of sp³-hybridized carbons (Fsp3) is 0.625. The lowest BCUT2D eigenvalue weighted by atomic mass is 9.88. The van der Waals surface area contributed by atoms with E-state index < -0.39 is 0 Å². The third-order valence-corrected chi connectivity index (χ3v) is 5.15. The van der Waals surface area contributed by atoms with Gasteiger partial charge in [0.05, 0.1) is 36.5 Å². The molecule has 6 heteroatoms. The van der Waals surface area contributed by atoms with E-state index >= 15 is 0 Å². The summed E-state index contributed by atoms with van der Waals surface area (Å²) >= 11 is 0. The Labute approximate surface area is 129 Å². The monoisotopic (exact) mass is 296 g/mol. The lowest BCUT2D eigenvalue weighted by molar-refractivity contribution is 0.289. The Kier molecular flexibility index (Phi) is 3.21. The fourth-order valence-corrected chi connectivity index (χ4v) is 3.50. The maximum atomic E-state index is 9.47. The molecule has 0 N–H and O–H groups in total. The van der Waals surface area contributed by atoms with Gasteiger partial charge in [0.15, 0.2) is 0 Å². The highest BCUT2D eigenvalue weighted by Gasteiger charge is 2.34. The lowest BCUT2D eigenvalue weighted by Crippen LogP contribution is -2.21. The molecule has 0 radical (unpaired) electrons. The van der Waals surface area contributed by atoms with Crippen LogP contribution in [0.1, 0.15) is 51.0 Å². The van der Waals surface area contributed by atoms with E-state index in [1.54, 1.807) is 0 Å². The summed E-state index contributed by atoms with van der Waals surface area (Å²) in [7, 11) is 0. The standard InChI is InChI=1S/C16H20N6/c17-11-16(6-1-2-7-16)12-21-10-15(19-20-21)13-8-18-22(9-13)14-4-3-5-14/h8-10,14H,1-7,12H2. The quantitative estimate of drug-likeness (QED) is 0.869. The number of nitrogens with zero attached hydrogens (tertiary/aromatic N) is 6. The molecule has 2 aliphatic rings. The normalized spacial score (nSPS) is 20.7. The summed E-state index contributed by atoms with van der Waals surface area (Å²) in [6.45, 7) is 0.646. The molecule has 0 atom stereocenters. The third kappa shape index (κ3) is 2.31. The first kappa shape index (κ1) is 13.5. The summed E-state index contributed by atoms with van der Waals surface area (Å²) in [5.74, 6) is 0. The van der Waals surface area contributed by atoms with Crippen molar-refractivity contribution in [3.8, 4) is 17.3 Å². The average Bonchev–Trinajstić information content (AvgIpc) is 3.18. The molecule has 2 aliphatic carbocycles. The van der Waals surface area contributed by atoms with Gasteiger partial charge in [-0.15, -0.1) is 5.10 Å². The van der Waals surface area contributed by atoms with Crippen LogP contribution >= 0.6 is 0 Å². The minimum absolute atomic E-state index is 0.249. The molecule has 0 unspecified atom stereocenters. The third-order valence-electron chi connectivity index (χ3n) is 5.15. The second-order valence-electron chi connectivity index (χ2n) is 6.69. The van der Waals surface area contributed by atoms with Gasteiger partial charge in [-0.05, 0) is 32.1 Å². The van der Waals surface area contributed by atoms with Gasteiger partial charge in [0.2, 0.25) is 0 Å². The van der Waals surface area contributed by atoms with Crippen molar-refractivity contribution in [1.29, 1.82) is 5.26 Å². The number of hydrogen-bond acceptors (Lipinski definition) is 4. The van der Waals surface area contributed by atoms with Crippen molar-refractivity contribution in [2.24, 2.45) is 5.41 Å². The summed E-state index contributed by atoms with van der Waals surface area (Å²) < 4.78 is 3.87. The van der Waals surface area contributed by atoms with Crippen LogP contribution in [0.3, 0.4) is 0 Å². The molecule has 2 saturated carbocycles. The largest absolute Gasteiger partial charge is 0.269 e. The van der Waals surface area contributed by atoms with Gasteiger partial charge >= 0.3 is 0 Å². The van der Waals surface area contributed by atoms with E-state index in [-0.39, 0.29) is 5.41 Å². The van der Waals surface area contributed by atoms with E-state index in [9.17, 15) is 5.26 Å². The Morgan fingerprint density at radius 2 is 2.05 bits per heavy atom. The highest BCUT2D eigenvalue weighted by Crippen LogP contribution is 2.39. The van der Waals surface area contributed by atoms with Gasteiger partial charge in [-0.3, -0.25) is 9.36 Å². The zero-order valence-electron chi connectivity index (χ0n) is 12.6. The van der Waals surface area contributed by atoms with Gasteiger partial charge in [0.1, 0.15) is 5.69 Å². The van der Waals surface area contributed by atoms with Gasteiger partial charge in [-0.1, -0.05) is 18.1 Å². The first-order chi connectivity index (χ1) is 10.8. The molecule has 0 spiro atoms. The molecule has 0 aromatic carbocycles. The van der Waals surface area contributed by atoms with Crippen LogP contribution in [0.4, 0.5) is 0 Å². The maximum absolute atomic E-state index is 9.47. The molecular weight excluding hydrogens is 276 g/mol. The average molecular weight is 296 g/mol. The highest BCUT2D eigenvalue weighted by atomic mass is 15.4. The molecule has 0 aliphatic heterocycles. The highest BCUT2D eigenvalue weighted by molar-refractivity contribution is 5.55. The molecule has 0 saturated heterocycles. The van der Waals surface area contributed by atoms with Gasteiger partial charge in [0, 0.05) is 11.8 Å². The molecule has 114 valence electrons. The van der Waals surface area contributed by atoms with E-state index in [0.717, 1.165) is 36.9 Å². The zero-order valence-corrected chi connectivity index (χ0v) is 12.6. The van der Waals surface area contributed by atoms with E-state index in [4.69, 9.17) is 0 Å². The van der Waals surface area contributed by atoms with E-state index in [0.29, 0.717) is 12.6 Å². The molecule has 6 nitrogen and oxygen atoms in total. The molecule has 2 aromatic heterocycles. The molecule has 2 fully saturated rings. The first-order valence-electron chi connectivity index (χ1n) is 8.14. The maximum Gasteiger partial charge on any atom is 0.116 e. The molecule has 0 amide bonds. The number of nitriles is 1. The van der Waals surface area contributed by atoms with Crippen molar-refractivity contribution in [2.75, 3.05) is 0 Å². The van der Waals surface area contributed by atoms with Crippen LogP contribution in [-0.4, -0.2) is 24.8 Å². The molecule has 2 heterocycles. The smallest absolute Gasteiger partial charge is 0.116 e. The van der Waals surface area contributed by atoms with Crippen LogP contribution in [0.5, 0.6) is 0 Å². The summed E-state index contributed by atoms with van der Waals surface area (Å²) in [5, 5.41) is 22.4. The second kappa shape index (κ2) is 5.24. The van der Waals surface area contributed by atoms with Crippen LogP contribution in [0.15, 0.2) is 18.6 Å². The summed E-state index contributed by atoms with van der Waals surface area (Å²) in [5.41, 5.74) is 1.60. The Balaban J connectivity index is 1.51. The zero-order chi connectivity index (χ0) is 15.0. The Morgan fingerprint density at radius 3 is 2.73 bits per heavy atom. The predicted molar refractivity (Wildman–Crippen MR) is 80.6 cm³/mol. The Hall–Kier alpha value is -2.16. The van der Waals surface area contributed by atoms with Crippen LogP contribution in [0.25, 0.3) is 11.3 Å². The van der Waals surface area contributed by atoms with E-state index in [1.807, 2.05) is 21.8 Å². The fourth-order valence-electron chi connectivity index (χ4n) is 3.50. The van der Waals surface area contributed by atoms with Crippen LogP contribution in [0, 0.1) is 16.7 Å². The van der Waals surface area contributed by atoms with Crippen molar-refractivity contribution in [2.45, 2.75) is 57.5 Å². The molecule has 2 aromatic rings. The van der Waals surface area contributed by atoms with Crippen molar-refractivity contribution in [3.63, 3.8) is 0 Å². The summed E-state index contributed by atoms with van der Waals surface area (Å²) in [6, 6.07) is 3.06. The summed E-state index contributed by atoms with van der Waals surface area (Å²) in [4.78, 5) is 0. The van der Waals surface area contributed by atoms with Gasteiger partial charge in [-0.25, -0.2) is 0 Å². The van der Waals surface area contributed by atoms with E-state index in [2.05, 4.69) is 27.7 Å². The number of rotatable bonds is 4. The Bertz CT molecular complexity index is 696. The van der Waals surface area contributed by atoms with Crippen molar-refractivity contribution < 1.29 is 0 Å². The van der Waals surface area contributed by atoms with Gasteiger partial charge in [-0.2, -0.15) is 10.4 Å². The molecular formula is C16H20N6. The van der Waals surface area contributed by atoms with Crippen LogP contribution in [0.2, 0.25) is 0 Å². The molecule has 0 bridgehead atoms. The minimum Gasteiger partial charge on any atom is -0.269 e. The van der Waals surface area contributed by atoms with Gasteiger partial charge in [0.25, 0.3) is 0 Å². The Morgan fingerprint density at radius 1 is 1.23 bits per heavy atom. The number of aromatic nitrogens is 5. The topological polar surface area (TPSA) is 72.3 Å². The van der Waals surface area contributed by atoms with Crippen LogP contribution < -0.4 is 0 Å². The van der Waals surface area contributed by atoms with E-state index in [1.165, 1.54) is 19.3 Å². The van der Waals surface area contributed by atoms with Crippen molar-refractivity contribution >= 4 is 0 Å². The van der Waals surface area contributed by atoms with Gasteiger partial charge < -0.3 is 0 Å². The number of hydrogen-bond donors (Lipinski definition) is 0. The lowest BCUT2D eigenvalue weighted by Gasteiger charge is -2.25. The van der Waals surface area contributed by atoms with Crippen molar-refractivity contribution in [1.82, 2.24) is 24.8 Å². The minimum atomic E-state index is -0.249. The molecule has 22 heavy (non-hydrogen) atoms. The van der Waals surface area contributed by atoms with Crippen molar-refractivity contribution in [3.05, 3.63) is 18.6 Å². The first-order valence-corrected chi connectivity index (χ1v) is 8.14. The predicted octanol–water partition coefficient (Wildman–Crippen LogP) is 2.95. The SMILES string of the molecule is N#CC1(Cn2cc(-c3cnn(C4CCC4)c3)nn2)CCCC1. The second-order valence-corrected chi connectivity index (χ2v) is 6.69. The summed E-state index contributed by atoms with van der Waals surface area (Å²) in [6.07, 6.45) is 13.8. The molecule has 4 rings (SSSR count). The van der Waals surface area contributed by atoms with Crippen LogP contribution in [-0.2, 0) is 6.54 Å².